The average Bonchev–Trinajstić information content (AvgIpc) is 2.79. The van der Waals surface area contributed by atoms with Gasteiger partial charge < -0.3 is 10.6 Å². The number of para-hydroxylation sites is 1. The quantitative estimate of drug-likeness (QED) is 0.423. The number of benzene rings is 2. The lowest BCUT2D eigenvalue weighted by Gasteiger charge is -2.30. The van der Waals surface area contributed by atoms with Crippen LogP contribution in [-0.4, -0.2) is 23.0 Å². The molecule has 0 unspecified atom stereocenters. The van der Waals surface area contributed by atoms with E-state index in [1.807, 2.05) is 36.4 Å². The van der Waals surface area contributed by atoms with E-state index in [0.717, 1.165) is 16.7 Å². The molecule has 0 aliphatic heterocycles. The number of hydrogen-bond donors (Lipinski definition) is 2. The highest BCUT2D eigenvalue weighted by Gasteiger charge is 2.37. The van der Waals surface area contributed by atoms with Crippen LogP contribution in [0.1, 0.15) is 47.2 Å². The summed E-state index contributed by atoms with van der Waals surface area (Å²) in [5.41, 5.74) is -2.83. The van der Waals surface area contributed by atoms with Crippen molar-refractivity contribution >= 4 is 22.6 Å². The number of nitrogens with zero attached hydrogens (tertiary/aromatic N) is 1. The molecule has 34 heavy (non-hydrogen) atoms. The molecule has 1 aliphatic rings. The van der Waals surface area contributed by atoms with Gasteiger partial charge in [0.25, 0.3) is 5.91 Å². The number of anilines is 1. The molecular weight excluding hydrogens is 460 g/mol. The highest BCUT2D eigenvalue weighted by atomic mass is 19.4. The predicted octanol–water partition coefficient (Wildman–Crippen LogP) is 6.43. The third-order valence-corrected chi connectivity index (χ3v) is 5.86. The van der Waals surface area contributed by atoms with Crippen LogP contribution in [0.25, 0.3) is 10.9 Å². The maximum atomic E-state index is 13.1. The molecule has 1 aliphatic carbocycles. The lowest BCUT2D eigenvalue weighted by molar-refractivity contribution is -0.143. The molecular formula is C24H21F6N3O. The Hall–Kier alpha value is -3.30. The van der Waals surface area contributed by atoms with Gasteiger partial charge in [0, 0.05) is 23.0 Å². The zero-order valence-electron chi connectivity index (χ0n) is 17.8. The molecule has 1 fully saturated rings. The zero-order valence-corrected chi connectivity index (χ0v) is 17.8. The van der Waals surface area contributed by atoms with E-state index >= 15 is 0 Å². The van der Waals surface area contributed by atoms with Gasteiger partial charge in [0.2, 0.25) is 0 Å². The smallest absolute Gasteiger partial charge is 0.367 e. The lowest BCUT2D eigenvalue weighted by Crippen LogP contribution is -2.40. The highest BCUT2D eigenvalue weighted by Crippen LogP contribution is 2.36. The second kappa shape index (κ2) is 9.15. The van der Waals surface area contributed by atoms with Gasteiger partial charge in [-0.2, -0.15) is 26.3 Å². The van der Waals surface area contributed by atoms with Gasteiger partial charge in [0.1, 0.15) is 5.82 Å². The average molecular weight is 481 g/mol. The minimum atomic E-state index is -5.00. The van der Waals surface area contributed by atoms with E-state index in [1.54, 1.807) is 0 Å². The molecule has 1 aromatic heterocycles. The van der Waals surface area contributed by atoms with Crippen LogP contribution in [0.5, 0.6) is 0 Å². The van der Waals surface area contributed by atoms with Crippen molar-refractivity contribution in [2.75, 3.05) is 5.32 Å². The fourth-order valence-electron chi connectivity index (χ4n) is 4.09. The normalized spacial score (nSPS) is 19.1. The number of hydrogen-bond acceptors (Lipinski definition) is 3. The summed E-state index contributed by atoms with van der Waals surface area (Å²) >= 11 is 0. The van der Waals surface area contributed by atoms with Gasteiger partial charge in [-0.1, -0.05) is 18.2 Å². The topological polar surface area (TPSA) is 54.0 Å². The summed E-state index contributed by atoms with van der Waals surface area (Å²) in [6.07, 6.45) is -7.62. The van der Waals surface area contributed by atoms with Gasteiger partial charge in [0.05, 0.1) is 16.6 Å². The standard InChI is InChI=1S/C24H21F6N3O/c25-23(26,27)16-11-15(12-17(13-16)24(28,29)30)22(34)32-19-8-6-18(7-9-19)31-21-10-5-14-3-1-2-4-20(14)33-21/h1-5,10-13,18-19H,6-9H2,(H,31,33)(H,32,34). The van der Waals surface area contributed by atoms with Crippen LogP contribution in [-0.2, 0) is 12.4 Å². The number of fused-ring (bicyclic) bond motifs is 1. The van der Waals surface area contributed by atoms with E-state index in [9.17, 15) is 31.1 Å². The second-order valence-corrected chi connectivity index (χ2v) is 8.35. The summed E-state index contributed by atoms with van der Waals surface area (Å²) in [5.74, 6) is -0.237. The number of nitrogens with one attached hydrogen (secondary N) is 2. The summed E-state index contributed by atoms with van der Waals surface area (Å²) in [6, 6.07) is 12.2. The van der Waals surface area contributed by atoms with Crippen LogP contribution in [0, 0.1) is 0 Å². The summed E-state index contributed by atoms with van der Waals surface area (Å²) < 4.78 is 78.3. The van der Waals surface area contributed by atoms with Gasteiger partial charge in [-0.15, -0.1) is 0 Å². The number of amides is 1. The maximum Gasteiger partial charge on any atom is 0.416 e. The van der Waals surface area contributed by atoms with E-state index in [2.05, 4.69) is 15.6 Å². The number of aromatic nitrogens is 1. The van der Waals surface area contributed by atoms with Crippen LogP contribution < -0.4 is 10.6 Å². The molecule has 3 aromatic rings. The van der Waals surface area contributed by atoms with Crippen molar-refractivity contribution < 1.29 is 31.1 Å². The molecule has 4 rings (SSSR count). The first-order chi connectivity index (χ1) is 16.0. The summed E-state index contributed by atoms with van der Waals surface area (Å²) in [5, 5.41) is 6.95. The SMILES string of the molecule is O=C(NC1CCC(Nc2ccc3ccccc3n2)CC1)c1cc(C(F)(F)F)cc(C(F)(F)F)c1. The van der Waals surface area contributed by atoms with E-state index in [0.29, 0.717) is 37.8 Å². The first-order valence-electron chi connectivity index (χ1n) is 10.7. The summed E-state index contributed by atoms with van der Waals surface area (Å²) in [4.78, 5) is 17.1. The molecule has 1 saturated carbocycles. The molecule has 1 heterocycles. The van der Waals surface area contributed by atoms with E-state index in [4.69, 9.17) is 0 Å². The largest absolute Gasteiger partial charge is 0.416 e. The Morgan fingerprint density at radius 3 is 2.00 bits per heavy atom. The summed E-state index contributed by atoms with van der Waals surface area (Å²) in [6.45, 7) is 0. The number of halogens is 6. The molecule has 0 spiro atoms. The molecule has 4 nitrogen and oxygen atoms in total. The Morgan fingerprint density at radius 2 is 1.38 bits per heavy atom. The van der Waals surface area contributed by atoms with Crippen molar-refractivity contribution in [3.63, 3.8) is 0 Å². The number of rotatable bonds is 4. The van der Waals surface area contributed by atoms with Crippen LogP contribution in [0.2, 0.25) is 0 Å². The number of alkyl halides is 6. The van der Waals surface area contributed by atoms with E-state index < -0.39 is 35.0 Å². The van der Waals surface area contributed by atoms with Crippen molar-refractivity contribution in [2.24, 2.45) is 0 Å². The first kappa shape index (κ1) is 23.8. The minimum absolute atomic E-state index is 0.00841. The number of carbonyl (C=O) groups excluding carboxylic acids is 1. The Balaban J connectivity index is 1.38. The highest BCUT2D eigenvalue weighted by molar-refractivity contribution is 5.95. The monoisotopic (exact) mass is 481 g/mol. The minimum Gasteiger partial charge on any atom is -0.367 e. The molecule has 180 valence electrons. The Bertz CT molecular complexity index is 1150. The molecule has 2 aromatic carbocycles. The van der Waals surface area contributed by atoms with Crippen molar-refractivity contribution in [3.8, 4) is 0 Å². The van der Waals surface area contributed by atoms with E-state index in [-0.39, 0.29) is 18.2 Å². The fourth-order valence-corrected chi connectivity index (χ4v) is 4.09. The molecule has 10 heteroatoms. The third-order valence-electron chi connectivity index (χ3n) is 5.86. The van der Waals surface area contributed by atoms with Gasteiger partial charge >= 0.3 is 12.4 Å². The Labute approximate surface area is 191 Å². The van der Waals surface area contributed by atoms with Crippen molar-refractivity contribution in [3.05, 3.63) is 71.3 Å². The predicted molar refractivity (Wildman–Crippen MR) is 115 cm³/mol. The third kappa shape index (κ3) is 5.60. The van der Waals surface area contributed by atoms with Crippen LogP contribution >= 0.6 is 0 Å². The molecule has 0 saturated heterocycles. The lowest BCUT2D eigenvalue weighted by atomic mass is 9.91. The fraction of sp³-hybridized carbons (Fsp3) is 0.333. The van der Waals surface area contributed by atoms with Gasteiger partial charge in [-0.25, -0.2) is 4.98 Å². The molecule has 0 bridgehead atoms. The number of carbonyl (C=O) groups is 1. The molecule has 0 atom stereocenters. The Kier molecular flexibility index (Phi) is 6.42. The molecule has 0 radical (unpaired) electrons. The zero-order chi connectivity index (χ0) is 24.5. The Morgan fingerprint density at radius 1 is 0.794 bits per heavy atom. The van der Waals surface area contributed by atoms with Gasteiger partial charge in [-0.05, 0) is 62.1 Å². The van der Waals surface area contributed by atoms with Gasteiger partial charge in [-0.3, -0.25) is 4.79 Å². The summed E-state index contributed by atoms with van der Waals surface area (Å²) in [7, 11) is 0. The van der Waals surface area contributed by atoms with E-state index in [1.165, 1.54) is 0 Å². The molecule has 1 amide bonds. The van der Waals surface area contributed by atoms with Crippen LogP contribution in [0.15, 0.2) is 54.6 Å². The van der Waals surface area contributed by atoms with Crippen molar-refractivity contribution in [1.82, 2.24) is 10.3 Å². The van der Waals surface area contributed by atoms with Crippen LogP contribution in [0.3, 0.4) is 0 Å². The van der Waals surface area contributed by atoms with Gasteiger partial charge in [0.15, 0.2) is 0 Å². The van der Waals surface area contributed by atoms with Crippen LogP contribution in [0.4, 0.5) is 32.2 Å². The van der Waals surface area contributed by atoms with Crippen molar-refractivity contribution in [1.29, 1.82) is 0 Å². The van der Waals surface area contributed by atoms with Crippen molar-refractivity contribution in [2.45, 2.75) is 50.1 Å². The maximum absolute atomic E-state index is 13.1. The second-order valence-electron chi connectivity index (χ2n) is 8.35. The number of pyridine rings is 1. The molecule has 2 N–H and O–H groups in total. The first-order valence-corrected chi connectivity index (χ1v) is 10.7.